The van der Waals surface area contributed by atoms with Crippen LogP contribution in [0.4, 0.5) is 0 Å². The number of hydrogen-bond acceptors (Lipinski definition) is 3. The number of thiol groups is 1. The second-order valence-corrected chi connectivity index (χ2v) is 3.10. The van der Waals surface area contributed by atoms with Crippen LogP contribution in [0.3, 0.4) is 0 Å². The van der Waals surface area contributed by atoms with Crippen LogP contribution in [0.2, 0.25) is 0 Å². The first-order valence-corrected chi connectivity index (χ1v) is 3.38. The molecule has 0 unspecified atom stereocenters. The molecule has 0 bridgehead atoms. The molecule has 0 radical (unpaired) electrons. The van der Waals surface area contributed by atoms with Crippen LogP contribution < -0.4 is 0 Å². The maximum absolute atomic E-state index is 8.55. The molecule has 0 aromatic carbocycles. The van der Waals surface area contributed by atoms with E-state index in [0.717, 1.165) is 12.8 Å². The summed E-state index contributed by atoms with van der Waals surface area (Å²) in [5, 5.41) is 8.91. The minimum absolute atomic E-state index is 0.365. The van der Waals surface area contributed by atoms with E-state index in [9.17, 15) is 0 Å². The van der Waals surface area contributed by atoms with Crippen LogP contribution in [0.5, 0.6) is 0 Å². The first kappa shape index (κ1) is 6.91. The maximum Gasteiger partial charge on any atom is 0.155 e. The lowest BCUT2D eigenvalue weighted by molar-refractivity contribution is -0.0184. The van der Waals surface area contributed by atoms with Gasteiger partial charge in [0.05, 0.1) is 6.07 Å². The Kier molecular flexibility index (Phi) is 1.69. The summed E-state index contributed by atoms with van der Waals surface area (Å²) in [5.41, 5.74) is -0.494. The smallest absolute Gasteiger partial charge is 0.155 e. The second kappa shape index (κ2) is 2.20. The van der Waals surface area contributed by atoms with Crippen molar-refractivity contribution in [2.75, 3.05) is 7.11 Å². The third kappa shape index (κ3) is 1.05. The van der Waals surface area contributed by atoms with Crippen molar-refractivity contribution in [1.29, 1.82) is 5.26 Å². The van der Waals surface area contributed by atoms with Gasteiger partial charge in [-0.15, -0.1) is 0 Å². The molecule has 0 spiro atoms. The number of ether oxygens (including phenoxy) is 1. The molecule has 0 atom stereocenters. The van der Waals surface area contributed by atoms with E-state index in [4.69, 9.17) is 10.00 Å². The quantitative estimate of drug-likeness (QED) is 0.555. The molecule has 0 heterocycles. The summed E-state index contributed by atoms with van der Waals surface area (Å²) in [7, 11) is 1.57. The fraction of sp³-hybridized carbons (Fsp3) is 0.833. The van der Waals surface area contributed by atoms with Crippen LogP contribution in [-0.2, 0) is 4.74 Å². The lowest BCUT2D eigenvalue weighted by atomic mass is 9.81. The summed E-state index contributed by atoms with van der Waals surface area (Å²) in [6.07, 6.45) is 1.53. The molecule has 2 nitrogen and oxygen atoms in total. The van der Waals surface area contributed by atoms with Gasteiger partial charge in [-0.05, 0) is 0 Å². The van der Waals surface area contributed by atoms with E-state index in [1.807, 2.05) is 0 Å². The average molecular weight is 143 g/mol. The van der Waals surface area contributed by atoms with E-state index in [0.29, 0.717) is 5.25 Å². The van der Waals surface area contributed by atoms with E-state index in [1.54, 1.807) is 7.11 Å². The number of nitrogens with zero attached hydrogens (tertiary/aromatic N) is 1. The Labute approximate surface area is 60.2 Å². The van der Waals surface area contributed by atoms with Crippen molar-refractivity contribution in [1.82, 2.24) is 0 Å². The van der Waals surface area contributed by atoms with E-state index < -0.39 is 5.60 Å². The fourth-order valence-electron chi connectivity index (χ4n) is 1.01. The predicted octanol–water partition coefficient (Wildman–Crippen LogP) is 0.987. The Morgan fingerprint density at radius 3 is 2.44 bits per heavy atom. The molecule has 1 aliphatic carbocycles. The monoisotopic (exact) mass is 143 g/mol. The van der Waals surface area contributed by atoms with Gasteiger partial charge in [-0.1, -0.05) is 0 Å². The zero-order valence-corrected chi connectivity index (χ0v) is 6.19. The molecule has 1 saturated carbocycles. The Hall–Kier alpha value is -0.200. The molecule has 1 fully saturated rings. The van der Waals surface area contributed by atoms with Crippen molar-refractivity contribution < 1.29 is 4.74 Å². The number of nitriles is 1. The highest BCUT2D eigenvalue weighted by Crippen LogP contribution is 2.37. The lowest BCUT2D eigenvalue weighted by Crippen LogP contribution is -2.45. The highest BCUT2D eigenvalue weighted by Gasteiger charge is 2.43. The first-order chi connectivity index (χ1) is 4.22. The Morgan fingerprint density at radius 2 is 2.33 bits per heavy atom. The van der Waals surface area contributed by atoms with Gasteiger partial charge in [0.1, 0.15) is 0 Å². The van der Waals surface area contributed by atoms with Crippen LogP contribution in [-0.4, -0.2) is 18.0 Å². The Morgan fingerprint density at radius 1 is 1.78 bits per heavy atom. The van der Waals surface area contributed by atoms with E-state index in [-0.39, 0.29) is 0 Å². The third-order valence-corrected chi connectivity index (χ3v) is 2.09. The summed E-state index contributed by atoms with van der Waals surface area (Å²) in [5.74, 6) is 0. The van der Waals surface area contributed by atoms with Crippen molar-refractivity contribution >= 4 is 12.6 Å². The summed E-state index contributed by atoms with van der Waals surface area (Å²) in [6, 6.07) is 2.12. The molecule has 1 aliphatic rings. The van der Waals surface area contributed by atoms with E-state index in [2.05, 4.69) is 18.7 Å². The third-order valence-electron chi connectivity index (χ3n) is 1.73. The number of methoxy groups -OCH3 is 1. The van der Waals surface area contributed by atoms with Gasteiger partial charge in [-0.25, -0.2) is 0 Å². The molecule has 0 aromatic heterocycles. The second-order valence-electron chi connectivity index (χ2n) is 2.37. The van der Waals surface area contributed by atoms with E-state index in [1.165, 1.54) is 0 Å². The molecule has 0 aliphatic heterocycles. The van der Waals surface area contributed by atoms with Gasteiger partial charge in [0.25, 0.3) is 0 Å². The lowest BCUT2D eigenvalue weighted by Gasteiger charge is -2.38. The highest BCUT2D eigenvalue weighted by atomic mass is 32.1. The fourth-order valence-corrected chi connectivity index (χ4v) is 1.59. The molecule has 9 heavy (non-hydrogen) atoms. The molecule has 1 rings (SSSR count). The summed E-state index contributed by atoms with van der Waals surface area (Å²) in [6.45, 7) is 0. The van der Waals surface area contributed by atoms with Crippen LogP contribution >= 0.6 is 12.6 Å². The topological polar surface area (TPSA) is 33.0 Å². The van der Waals surface area contributed by atoms with Gasteiger partial charge < -0.3 is 4.74 Å². The summed E-state index contributed by atoms with van der Waals surface area (Å²) in [4.78, 5) is 0. The van der Waals surface area contributed by atoms with Gasteiger partial charge in [-0.3, -0.25) is 0 Å². The molecule has 3 heteroatoms. The van der Waals surface area contributed by atoms with Gasteiger partial charge in [-0.2, -0.15) is 17.9 Å². The first-order valence-electron chi connectivity index (χ1n) is 2.87. The normalized spacial score (nSPS) is 41.2. The number of hydrogen-bond donors (Lipinski definition) is 1. The van der Waals surface area contributed by atoms with Crippen molar-refractivity contribution in [2.24, 2.45) is 0 Å². The zero-order valence-electron chi connectivity index (χ0n) is 5.29. The maximum atomic E-state index is 8.55. The Bertz CT molecular complexity index is 146. The molecule has 0 saturated heterocycles. The van der Waals surface area contributed by atoms with Gasteiger partial charge in [0.15, 0.2) is 5.60 Å². The molecule has 0 aromatic rings. The van der Waals surface area contributed by atoms with Crippen LogP contribution in [0.25, 0.3) is 0 Å². The van der Waals surface area contributed by atoms with Crippen molar-refractivity contribution in [3.8, 4) is 6.07 Å². The van der Waals surface area contributed by atoms with Crippen LogP contribution in [0.15, 0.2) is 0 Å². The minimum Gasteiger partial charge on any atom is -0.363 e. The zero-order chi connectivity index (χ0) is 6.91. The standard InChI is InChI=1S/C6H9NOS/c1-8-6(4-7)2-5(9)3-6/h5,9H,2-3H2,1H3. The van der Waals surface area contributed by atoms with Crippen molar-refractivity contribution in [3.63, 3.8) is 0 Å². The number of rotatable bonds is 1. The van der Waals surface area contributed by atoms with Crippen molar-refractivity contribution in [2.45, 2.75) is 23.7 Å². The SMILES string of the molecule is COC1(C#N)CC(S)C1. The molecular formula is C6H9NOS. The predicted molar refractivity (Wildman–Crippen MR) is 37.4 cm³/mol. The molecule has 0 amide bonds. The molecule has 50 valence electrons. The Balaban J connectivity index is 2.48. The van der Waals surface area contributed by atoms with Gasteiger partial charge in [0.2, 0.25) is 0 Å². The molecule has 0 N–H and O–H groups in total. The largest absolute Gasteiger partial charge is 0.363 e. The van der Waals surface area contributed by atoms with Gasteiger partial charge >= 0.3 is 0 Å². The summed E-state index contributed by atoms with van der Waals surface area (Å²) < 4.78 is 4.98. The minimum atomic E-state index is -0.494. The van der Waals surface area contributed by atoms with Gasteiger partial charge in [0, 0.05) is 25.2 Å². The highest BCUT2D eigenvalue weighted by molar-refractivity contribution is 7.81. The van der Waals surface area contributed by atoms with E-state index >= 15 is 0 Å². The van der Waals surface area contributed by atoms with Crippen LogP contribution in [0.1, 0.15) is 12.8 Å². The summed E-state index contributed by atoms with van der Waals surface area (Å²) >= 11 is 4.17. The van der Waals surface area contributed by atoms with Crippen molar-refractivity contribution in [3.05, 3.63) is 0 Å². The molecular weight excluding hydrogens is 134 g/mol. The van der Waals surface area contributed by atoms with Crippen LogP contribution in [0, 0.1) is 11.3 Å². The average Bonchev–Trinajstić information content (AvgIpc) is 1.81.